The van der Waals surface area contributed by atoms with Crippen molar-refractivity contribution in [1.29, 1.82) is 0 Å². The monoisotopic (exact) mass is 311 g/mol. The van der Waals surface area contributed by atoms with Crippen molar-refractivity contribution >= 4 is 29.9 Å². The Balaban J connectivity index is 0.00000220. The van der Waals surface area contributed by atoms with Crippen LogP contribution in [0, 0.1) is 0 Å². The third-order valence-electron chi connectivity index (χ3n) is 3.11. The third-order valence-corrected chi connectivity index (χ3v) is 3.11. The van der Waals surface area contributed by atoms with E-state index in [2.05, 4.69) is 10.6 Å². The fraction of sp³-hybridized carbons (Fsp3) is 0.467. The van der Waals surface area contributed by atoms with E-state index in [0.717, 1.165) is 0 Å². The second kappa shape index (κ2) is 6.03. The van der Waals surface area contributed by atoms with Crippen LogP contribution < -0.4 is 16.4 Å². The van der Waals surface area contributed by atoms with Gasteiger partial charge < -0.3 is 16.4 Å². The normalized spacial score (nSPS) is 15.6. The number of anilines is 1. The Labute approximate surface area is 131 Å². The first-order chi connectivity index (χ1) is 9.20. The first-order valence-electron chi connectivity index (χ1n) is 6.73. The Kier molecular flexibility index (Phi) is 5.02. The van der Waals surface area contributed by atoms with E-state index in [1.807, 2.05) is 20.8 Å². The SMILES string of the molecule is CC(C)(C)NC(=O)c1cccc(NC(=O)C2(N)CC2)c1.Cl. The molecule has 0 aromatic heterocycles. The first kappa shape index (κ1) is 17.5. The van der Waals surface area contributed by atoms with Crippen LogP contribution in [0.25, 0.3) is 0 Å². The van der Waals surface area contributed by atoms with E-state index in [9.17, 15) is 9.59 Å². The molecule has 5 nitrogen and oxygen atoms in total. The van der Waals surface area contributed by atoms with Crippen molar-refractivity contribution in [2.24, 2.45) is 5.73 Å². The van der Waals surface area contributed by atoms with Crippen LogP contribution in [-0.4, -0.2) is 22.9 Å². The zero-order valence-corrected chi connectivity index (χ0v) is 13.3. The number of carbonyl (C=O) groups is 2. The zero-order valence-electron chi connectivity index (χ0n) is 12.5. The van der Waals surface area contributed by atoms with Gasteiger partial charge in [0.2, 0.25) is 5.91 Å². The molecule has 0 atom stereocenters. The van der Waals surface area contributed by atoms with Crippen LogP contribution in [0.1, 0.15) is 44.0 Å². The minimum atomic E-state index is -0.719. The average molecular weight is 312 g/mol. The maximum absolute atomic E-state index is 12.1. The van der Waals surface area contributed by atoms with E-state index in [-0.39, 0.29) is 29.8 Å². The van der Waals surface area contributed by atoms with Crippen molar-refractivity contribution in [3.05, 3.63) is 29.8 Å². The molecule has 6 heteroatoms. The van der Waals surface area contributed by atoms with E-state index >= 15 is 0 Å². The second-order valence-electron chi connectivity index (χ2n) is 6.40. The number of hydrogen-bond donors (Lipinski definition) is 3. The highest BCUT2D eigenvalue weighted by atomic mass is 35.5. The molecule has 0 unspecified atom stereocenters. The van der Waals surface area contributed by atoms with Gasteiger partial charge in [-0.05, 0) is 51.8 Å². The number of nitrogens with one attached hydrogen (secondary N) is 2. The predicted molar refractivity (Wildman–Crippen MR) is 85.7 cm³/mol. The van der Waals surface area contributed by atoms with Crippen LogP contribution in [0.15, 0.2) is 24.3 Å². The summed E-state index contributed by atoms with van der Waals surface area (Å²) in [4.78, 5) is 23.9. The van der Waals surface area contributed by atoms with Crippen LogP contribution in [0.3, 0.4) is 0 Å². The maximum Gasteiger partial charge on any atom is 0.251 e. The fourth-order valence-electron chi connectivity index (χ4n) is 1.77. The van der Waals surface area contributed by atoms with E-state index in [0.29, 0.717) is 24.1 Å². The van der Waals surface area contributed by atoms with E-state index in [1.165, 1.54) is 0 Å². The largest absolute Gasteiger partial charge is 0.347 e. The molecule has 1 aromatic carbocycles. The van der Waals surface area contributed by atoms with Gasteiger partial charge >= 0.3 is 0 Å². The lowest BCUT2D eigenvalue weighted by Crippen LogP contribution is -2.40. The Morgan fingerprint density at radius 3 is 2.38 bits per heavy atom. The molecule has 0 spiro atoms. The molecule has 1 saturated carbocycles. The van der Waals surface area contributed by atoms with Crippen LogP contribution >= 0.6 is 12.4 Å². The number of rotatable bonds is 3. The molecule has 2 rings (SSSR count). The van der Waals surface area contributed by atoms with E-state index in [4.69, 9.17) is 5.73 Å². The lowest BCUT2D eigenvalue weighted by molar-refractivity contribution is -0.118. The Bertz CT molecular complexity index is 548. The molecule has 0 radical (unpaired) electrons. The minimum absolute atomic E-state index is 0. The number of halogens is 1. The quantitative estimate of drug-likeness (QED) is 0.799. The van der Waals surface area contributed by atoms with E-state index < -0.39 is 5.54 Å². The summed E-state index contributed by atoms with van der Waals surface area (Å²) in [6, 6.07) is 6.86. The molecule has 0 bridgehead atoms. The molecule has 21 heavy (non-hydrogen) atoms. The summed E-state index contributed by atoms with van der Waals surface area (Å²) in [5.74, 6) is -0.353. The minimum Gasteiger partial charge on any atom is -0.347 e. The lowest BCUT2D eigenvalue weighted by Gasteiger charge is -2.20. The Hall–Kier alpha value is -1.59. The number of amides is 2. The van der Waals surface area contributed by atoms with Crippen LogP contribution in [0.4, 0.5) is 5.69 Å². The van der Waals surface area contributed by atoms with Gasteiger partial charge in [-0.3, -0.25) is 9.59 Å². The van der Waals surface area contributed by atoms with Gasteiger partial charge in [0.1, 0.15) is 0 Å². The van der Waals surface area contributed by atoms with Gasteiger partial charge in [0.15, 0.2) is 0 Å². The summed E-state index contributed by atoms with van der Waals surface area (Å²) < 4.78 is 0. The zero-order chi connectivity index (χ0) is 15.0. The third kappa shape index (κ3) is 4.72. The number of benzene rings is 1. The highest BCUT2D eigenvalue weighted by Crippen LogP contribution is 2.33. The maximum atomic E-state index is 12.1. The van der Waals surface area contributed by atoms with Crippen molar-refractivity contribution < 1.29 is 9.59 Å². The molecular weight excluding hydrogens is 290 g/mol. The van der Waals surface area contributed by atoms with Gasteiger partial charge in [0.25, 0.3) is 5.91 Å². The summed E-state index contributed by atoms with van der Waals surface area (Å²) >= 11 is 0. The fourth-order valence-corrected chi connectivity index (χ4v) is 1.77. The number of carbonyl (C=O) groups excluding carboxylic acids is 2. The van der Waals surface area contributed by atoms with Crippen molar-refractivity contribution in [2.75, 3.05) is 5.32 Å². The topological polar surface area (TPSA) is 84.2 Å². The highest BCUT2D eigenvalue weighted by molar-refractivity contribution is 6.01. The molecule has 2 amide bonds. The second-order valence-corrected chi connectivity index (χ2v) is 6.40. The van der Waals surface area contributed by atoms with Gasteiger partial charge in [0.05, 0.1) is 5.54 Å². The number of hydrogen-bond acceptors (Lipinski definition) is 3. The molecule has 1 aromatic rings. The molecular formula is C15H22ClN3O2. The standard InChI is InChI=1S/C15H21N3O2.ClH/c1-14(2,3)18-12(19)10-5-4-6-11(9-10)17-13(20)15(16)7-8-15;/h4-6,9H,7-8,16H2,1-3H3,(H,17,20)(H,18,19);1H. The summed E-state index contributed by atoms with van der Waals surface area (Å²) in [7, 11) is 0. The summed E-state index contributed by atoms with van der Waals surface area (Å²) in [6.45, 7) is 5.76. The molecule has 1 fully saturated rings. The molecule has 0 saturated heterocycles. The van der Waals surface area contributed by atoms with Gasteiger partial charge in [-0.2, -0.15) is 0 Å². The van der Waals surface area contributed by atoms with Crippen molar-refractivity contribution in [3.63, 3.8) is 0 Å². The van der Waals surface area contributed by atoms with Gasteiger partial charge in [0, 0.05) is 16.8 Å². The van der Waals surface area contributed by atoms with Crippen molar-refractivity contribution in [3.8, 4) is 0 Å². The molecule has 1 aliphatic rings. The van der Waals surface area contributed by atoms with E-state index in [1.54, 1.807) is 24.3 Å². The first-order valence-corrected chi connectivity index (χ1v) is 6.73. The summed E-state index contributed by atoms with van der Waals surface area (Å²) in [5.41, 5.74) is 5.91. The average Bonchev–Trinajstić information content (AvgIpc) is 3.07. The Morgan fingerprint density at radius 1 is 1.24 bits per heavy atom. The van der Waals surface area contributed by atoms with Crippen molar-refractivity contribution in [1.82, 2.24) is 5.32 Å². The van der Waals surface area contributed by atoms with Crippen molar-refractivity contribution in [2.45, 2.75) is 44.7 Å². The van der Waals surface area contributed by atoms with Crippen LogP contribution in [-0.2, 0) is 4.79 Å². The molecule has 0 aliphatic heterocycles. The number of nitrogens with two attached hydrogens (primary N) is 1. The van der Waals surface area contributed by atoms with Crippen LogP contribution in [0.2, 0.25) is 0 Å². The highest BCUT2D eigenvalue weighted by Gasteiger charge is 2.45. The van der Waals surface area contributed by atoms with Crippen LogP contribution in [0.5, 0.6) is 0 Å². The predicted octanol–water partition coefficient (Wildman–Crippen LogP) is 2.07. The van der Waals surface area contributed by atoms with Gasteiger partial charge in [-0.25, -0.2) is 0 Å². The summed E-state index contributed by atoms with van der Waals surface area (Å²) in [6.07, 6.45) is 1.42. The molecule has 116 valence electrons. The smallest absolute Gasteiger partial charge is 0.251 e. The molecule has 4 N–H and O–H groups in total. The lowest BCUT2D eigenvalue weighted by atomic mass is 10.1. The van der Waals surface area contributed by atoms with Gasteiger partial charge in [-0.1, -0.05) is 6.07 Å². The van der Waals surface area contributed by atoms with Gasteiger partial charge in [-0.15, -0.1) is 12.4 Å². The Morgan fingerprint density at radius 2 is 1.86 bits per heavy atom. The molecule has 1 aliphatic carbocycles. The molecule has 0 heterocycles. The summed E-state index contributed by atoms with van der Waals surface area (Å²) in [5, 5.41) is 5.64.